The largest absolute Gasteiger partial charge is 0.451 e. The first-order valence-corrected chi connectivity index (χ1v) is 6.93. The number of aliphatic hydroxyl groups is 2. The lowest BCUT2D eigenvalue weighted by Gasteiger charge is -2.06. The molecule has 2 aromatic rings. The van der Waals surface area contributed by atoms with E-state index in [1.165, 1.54) is 18.2 Å². The van der Waals surface area contributed by atoms with Gasteiger partial charge in [0.2, 0.25) is 0 Å². The average Bonchev–Trinajstić information content (AvgIpc) is 2.57. The molecule has 0 saturated carbocycles. The van der Waals surface area contributed by atoms with Crippen molar-refractivity contribution in [1.29, 1.82) is 0 Å². The van der Waals surface area contributed by atoms with E-state index in [1.54, 1.807) is 0 Å². The highest BCUT2D eigenvalue weighted by Crippen LogP contribution is 2.14. The fourth-order valence-corrected chi connectivity index (χ4v) is 1.94. The number of nitrogens with one attached hydrogen (secondary N) is 2. The van der Waals surface area contributed by atoms with Crippen LogP contribution < -0.4 is 16.1 Å². The van der Waals surface area contributed by atoms with E-state index in [1.807, 2.05) is 0 Å². The van der Waals surface area contributed by atoms with Gasteiger partial charge >= 0.3 is 0 Å². The van der Waals surface area contributed by atoms with Gasteiger partial charge in [0.05, 0.1) is 18.6 Å². The van der Waals surface area contributed by atoms with E-state index >= 15 is 0 Å². The molecule has 0 unspecified atom stereocenters. The number of carbonyl (C=O) groups is 2. The number of aliphatic hydroxyl groups excluding tert-OH is 2. The van der Waals surface area contributed by atoms with Gasteiger partial charge in [0, 0.05) is 24.7 Å². The van der Waals surface area contributed by atoms with Crippen molar-refractivity contribution in [3.63, 3.8) is 0 Å². The monoisotopic (exact) mass is 320 g/mol. The first-order valence-electron chi connectivity index (χ1n) is 6.93. The summed E-state index contributed by atoms with van der Waals surface area (Å²) in [6.45, 7) is -0.260. The molecule has 0 saturated heterocycles. The van der Waals surface area contributed by atoms with E-state index in [9.17, 15) is 14.4 Å². The van der Waals surface area contributed by atoms with Crippen LogP contribution in [0.4, 0.5) is 0 Å². The van der Waals surface area contributed by atoms with Crippen LogP contribution in [-0.4, -0.2) is 48.3 Å². The molecule has 1 aromatic heterocycles. The summed E-state index contributed by atoms with van der Waals surface area (Å²) < 4.78 is 5.35. The Bertz CT molecular complexity index is 783. The number of amides is 2. The Labute approximate surface area is 130 Å². The minimum Gasteiger partial charge on any atom is -0.451 e. The summed E-state index contributed by atoms with van der Waals surface area (Å²) in [6.07, 6.45) is 0. The zero-order valence-corrected chi connectivity index (χ0v) is 12.2. The molecule has 2 rings (SSSR count). The molecule has 2 amide bonds. The van der Waals surface area contributed by atoms with E-state index in [-0.39, 0.29) is 48.6 Å². The Balaban J connectivity index is 2.34. The summed E-state index contributed by atoms with van der Waals surface area (Å²) in [5.74, 6) is -1.21. The Morgan fingerprint density at radius 2 is 1.65 bits per heavy atom. The van der Waals surface area contributed by atoms with E-state index in [0.717, 1.165) is 6.07 Å². The number of hydrogen-bond acceptors (Lipinski definition) is 6. The molecule has 8 heteroatoms. The van der Waals surface area contributed by atoms with E-state index in [4.69, 9.17) is 14.6 Å². The molecular weight excluding hydrogens is 304 g/mol. The first-order chi connectivity index (χ1) is 11.1. The molecule has 0 aliphatic rings. The normalized spacial score (nSPS) is 10.5. The molecule has 0 bridgehead atoms. The third kappa shape index (κ3) is 3.93. The number of carbonyl (C=O) groups excluding carboxylic acids is 2. The maximum absolute atomic E-state index is 12.1. The molecule has 0 aliphatic heterocycles. The molecule has 0 radical (unpaired) electrons. The standard InChI is InChI=1S/C15H16N2O6/c18-5-3-16-14(21)9-1-2-12-10(7-9)11(20)8-13(23-12)15(22)17-4-6-19/h1-2,7-8,18-19H,3-6H2,(H,16,21)(H,17,22). The van der Waals surface area contributed by atoms with Crippen molar-refractivity contribution in [3.05, 3.63) is 45.8 Å². The average molecular weight is 320 g/mol. The van der Waals surface area contributed by atoms with Gasteiger partial charge in [-0.1, -0.05) is 0 Å². The molecule has 23 heavy (non-hydrogen) atoms. The van der Waals surface area contributed by atoms with Crippen molar-refractivity contribution in [2.24, 2.45) is 0 Å². The zero-order valence-electron chi connectivity index (χ0n) is 12.2. The molecule has 1 aromatic carbocycles. The molecular formula is C15H16N2O6. The predicted octanol–water partition coefficient (Wildman–Crippen LogP) is -0.763. The highest BCUT2D eigenvalue weighted by atomic mass is 16.3. The van der Waals surface area contributed by atoms with Crippen LogP contribution in [0, 0.1) is 0 Å². The fraction of sp³-hybridized carbons (Fsp3) is 0.267. The molecule has 0 fully saturated rings. The van der Waals surface area contributed by atoms with Gasteiger partial charge in [-0.05, 0) is 18.2 Å². The van der Waals surface area contributed by atoms with Gasteiger partial charge in [-0.3, -0.25) is 14.4 Å². The molecule has 8 nitrogen and oxygen atoms in total. The van der Waals surface area contributed by atoms with Crippen LogP contribution in [0.3, 0.4) is 0 Å². The van der Waals surface area contributed by atoms with Gasteiger partial charge in [0.25, 0.3) is 11.8 Å². The summed E-state index contributed by atoms with van der Waals surface area (Å²) in [5.41, 5.74) is -0.0432. The predicted molar refractivity (Wildman–Crippen MR) is 81.3 cm³/mol. The highest BCUT2D eigenvalue weighted by molar-refractivity contribution is 5.98. The third-order valence-electron chi connectivity index (χ3n) is 3.01. The molecule has 122 valence electrons. The Morgan fingerprint density at radius 1 is 1.00 bits per heavy atom. The summed E-state index contributed by atoms with van der Waals surface area (Å²) >= 11 is 0. The molecule has 0 aliphatic carbocycles. The molecule has 1 heterocycles. The molecule has 4 N–H and O–H groups in total. The van der Waals surface area contributed by atoms with E-state index in [2.05, 4.69) is 10.6 Å². The van der Waals surface area contributed by atoms with Crippen molar-refractivity contribution in [3.8, 4) is 0 Å². The van der Waals surface area contributed by atoms with Gasteiger partial charge in [0.1, 0.15) is 5.58 Å². The van der Waals surface area contributed by atoms with Gasteiger partial charge in [0.15, 0.2) is 11.2 Å². The number of fused-ring (bicyclic) bond motifs is 1. The van der Waals surface area contributed by atoms with Gasteiger partial charge < -0.3 is 25.3 Å². The summed E-state index contributed by atoms with van der Waals surface area (Å²) in [7, 11) is 0. The second-order valence-corrected chi connectivity index (χ2v) is 4.64. The van der Waals surface area contributed by atoms with Crippen molar-refractivity contribution in [1.82, 2.24) is 10.6 Å². The van der Waals surface area contributed by atoms with E-state index < -0.39 is 17.2 Å². The van der Waals surface area contributed by atoms with Crippen molar-refractivity contribution in [2.75, 3.05) is 26.3 Å². The van der Waals surface area contributed by atoms with Gasteiger partial charge in [-0.25, -0.2) is 0 Å². The number of benzene rings is 1. The van der Waals surface area contributed by atoms with Crippen molar-refractivity contribution < 1.29 is 24.2 Å². The molecule has 0 atom stereocenters. The van der Waals surface area contributed by atoms with Crippen molar-refractivity contribution in [2.45, 2.75) is 0 Å². The first kappa shape index (κ1) is 16.7. The van der Waals surface area contributed by atoms with Crippen LogP contribution in [0.2, 0.25) is 0 Å². The highest BCUT2D eigenvalue weighted by Gasteiger charge is 2.13. The summed E-state index contributed by atoms with van der Waals surface area (Å²) in [5, 5.41) is 22.4. The lowest BCUT2D eigenvalue weighted by molar-refractivity contribution is 0.0915. The van der Waals surface area contributed by atoms with Gasteiger partial charge in [-0.2, -0.15) is 0 Å². The van der Waals surface area contributed by atoms with Gasteiger partial charge in [-0.15, -0.1) is 0 Å². The van der Waals surface area contributed by atoms with Crippen LogP contribution in [0.5, 0.6) is 0 Å². The topological polar surface area (TPSA) is 129 Å². The Morgan fingerprint density at radius 3 is 2.30 bits per heavy atom. The zero-order chi connectivity index (χ0) is 16.8. The quantitative estimate of drug-likeness (QED) is 0.553. The summed E-state index contributed by atoms with van der Waals surface area (Å²) in [4.78, 5) is 35.7. The third-order valence-corrected chi connectivity index (χ3v) is 3.01. The van der Waals surface area contributed by atoms with Crippen LogP contribution in [0.25, 0.3) is 11.0 Å². The number of hydrogen-bond donors (Lipinski definition) is 4. The van der Waals surface area contributed by atoms with Crippen molar-refractivity contribution >= 4 is 22.8 Å². The smallest absolute Gasteiger partial charge is 0.287 e. The second-order valence-electron chi connectivity index (χ2n) is 4.64. The lowest BCUT2D eigenvalue weighted by atomic mass is 10.1. The van der Waals surface area contributed by atoms with Crippen LogP contribution >= 0.6 is 0 Å². The second kappa shape index (κ2) is 7.52. The molecule has 0 spiro atoms. The Hall–Kier alpha value is -2.71. The van der Waals surface area contributed by atoms with E-state index in [0.29, 0.717) is 0 Å². The van der Waals surface area contributed by atoms with Crippen LogP contribution in [0.15, 0.2) is 33.5 Å². The SMILES string of the molecule is O=C(NCCO)c1ccc2oc(C(=O)NCCO)cc(=O)c2c1. The minimum atomic E-state index is -0.609. The number of rotatable bonds is 6. The maximum Gasteiger partial charge on any atom is 0.287 e. The maximum atomic E-state index is 12.1. The lowest BCUT2D eigenvalue weighted by Crippen LogP contribution is -2.27. The Kier molecular flexibility index (Phi) is 5.45. The van der Waals surface area contributed by atoms with Crippen LogP contribution in [0.1, 0.15) is 20.9 Å². The van der Waals surface area contributed by atoms with Crippen LogP contribution in [-0.2, 0) is 0 Å². The fourth-order valence-electron chi connectivity index (χ4n) is 1.94. The minimum absolute atomic E-state index is 0.0462. The summed E-state index contributed by atoms with van der Waals surface area (Å²) in [6, 6.07) is 5.27.